The molecule has 0 fully saturated rings. The fourth-order valence-corrected chi connectivity index (χ4v) is 3.21. The second kappa shape index (κ2) is 6.18. The number of hydrogen-bond donors (Lipinski definition) is 4. The van der Waals surface area contributed by atoms with E-state index in [4.69, 9.17) is 11.5 Å². The van der Waals surface area contributed by atoms with Crippen LogP contribution >= 0.6 is 0 Å². The van der Waals surface area contributed by atoms with Gasteiger partial charge in [-0.3, -0.25) is 0 Å². The van der Waals surface area contributed by atoms with Crippen molar-refractivity contribution >= 4 is 0 Å². The molecule has 116 valence electrons. The molecule has 2 aromatic rings. The van der Waals surface area contributed by atoms with Gasteiger partial charge in [-0.2, -0.15) is 0 Å². The SMILES string of the molecule is NC1Cc2ccccc2C1O.NC1Cc2ccccc2C1O. The molecule has 4 heteroatoms. The van der Waals surface area contributed by atoms with Gasteiger partial charge in [-0.05, 0) is 35.1 Å². The van der Waals surface area contributed by atoms with Crippen molar-refractivity contribution in [1.82, 2.24) is 0 Å². The van der Waals surface area contributed by atoms with Crippen LogP contribution in [-0.2, 0) is 12.8 Å². The minimum atomic E-state index is -0.453. The first-order chi connectivity index (χ1) is 10.6. The van der Waals surface area contributed by atoms with Crippen LogP contribution in [-0.4, -0.2) is 22.3 Å². The lowest BCUT2D eigenvalue weighted by Crippen LogP contribution is -2.24. The first-order valence-electron chi connectivity index (χ1n) is 7.61. The van der Waals surface area contributed by atoms with Crippen molar-refractivity contribution in [3.8, 4) is 0 Å². The van der Waals surface area contributed by atoms with Gasteiger partial charge in [0.05, 0.1) is 12.2 Å². The summed E-state index contributed by atoms with van der Waals surface area (Å²) in [5.74, 6) is 0. The Bertz CT molecular complexity index is 602. The van der Waals surface area contributed by atoms with Crippen LogP contribution in [0.2, 0.25) is 0 Å². The maximum Gasteiger partial charge on any atom is 0.0946 e. The lowest BCUT2D eigenvalue weighted by atomic mass is 10.1. The summed E-state index contributed by atoms with van der Waals surface area (Å²) in [7, 11) is 0. The molecule has 0 aromatic heterocycles. The van der Waals surface area contributed by atoms with Gasteiger partial charge in [-0.25, -0.2) is 0 Å². The first-order valence-corrected chi connectivity index (χ1v) is 7.61. The topological polar surface area (TPSA) is 92.5 Å². The van der Waals surface area contributed by atoms with Crippen molar-refractivity contribution < 1.29 is 10.2 Å². The summed E-state index contributed by atoms with van der Waals surface area (Å²) in [6.07, 6.45) is 0.701. The van der Waals surface area contributed by atoms with E-state index in [1.807, 2.05) is 48.5 Å². The summed E-state index contributed by atoms with van der Waals surface area (Å²) in [6.45, 7) is 0. The Morgan fingerprint density at radius 3 is 1.41 bits per heavy atom. The van der Waals surface area contributed by atoms with Gasteiger partial charge in [0.1, 0.15) is 0 Å². The van der Waals surface area contributed by atoms with Crippen molar-refractivity contribution in [2.75, 3.05) is 0 Å². The standard InChI is InChI=1S/2C9H11NO/c2*10-8-5-6-3-1-2-4-7(6)9(8)11/h2*1-4,8-9,11H,5,10H2. The van der Waals surface area contributed by atoms with Crippen LogP contribution in [0.4, 0.5) is 0 Å². The van der Waals surface area contributed by atoms with E-state index >= 15 is 0 Å². The second-order valence-corrected chi connectivity index (χ2v) is 6.02. The zero-order valence-corrected chi connectivity index (χ0v) is 12.4. The summed E-state index contributed by atoms with van der Waals surface area (Å²) in [4.78, 5) is 0. The van der Waals surface area contributed by atoms with E-state index in [0.717, 1.165) is 24.0 Å². The predicted molar refractivity (Wildman–Crippen MR) is 86.2 cm³/mol. The molecule has 0 bridgehead atoms. The molecule has 6 N–H and O–H groups in total. The molecule has 22 heavy (non-hydrogen) atoms. The Labute approximate surface area is 130 Å². The average Bonchev–Trinajstić information content (AvgIpc) is 2.98. The quantitative estimate of drug-likeness (QED) is 0.588. The molecule has 0 radical (unpaired) electrons. The van der Waals surface area contributed by atoms with Crippen LogP contribution in [0, 0.1) is 0 Å². The highest BCUT2D eigenvalue weighted by atomic mass is 16.3. The monoisotopic (exact) mass is 298 g/mol. The normalized spacial score (nSPS) is 28.5. The maximum absolute atomic E-state index is 9.52. The number of aliphatic hydroxyl groups is 2. The molecule has 4 atom stereocenters. The van der Waals surface area contributed by atoms with Crippen molar-refractivity contribution in [3.05, 3.63) is 70.8 Å². The second-order valence-electron chi connectivity index (χ2n) is 6.02. The van der Waals surface area contributed by atoms with Gasteiger partial charge in [-0.15, -0.1) is 0 Å². The molecule has 2 aliphatic carbocycles. The average molecular weight is 298 g/mol. The third-order valence-corrected chi connectivity index (χ3v) is 4.47. The summed E-state index contributed by atoms with van der Waals surface area (Å²) >= 11 is 0. The molecule has 0 saturated heterocycles. The van der Waals surface area contributed by atoms with E-state index in [-0.39, 0.29) is 12.1 Å². The number of rotatable bonds is 0. The van der Waals surface area contributed by atoms with Crippen LogP contribution in [0.25, 0.3) is 0 Å². The molecule has 2 aromatic carbocycles. The van der Waals surface area contributed by atoms with Gasteiger partial charge in [0, 0.05) is 12.1 Å². The molecule has 0 amide bonds. The maximum atomic E-state index is 9.52. The predicted octanol–water partition coefficient (Wildman–Crippen LogP) is 1.21. The van der Waals surface area contributed by atoms with Gasteiger partial charge < -0.3 is 21.7 Å². The fourth-order valence-electron chi connectivity index (χ4n) is 3.21. The van der Waals surface area contributed by atoms with Gasteiger partial charge >= 0.3 is 0 Å². The van der Waals surface area contributed by atoms with Crippen LogP contribution in [0.5, 0.6) is 0 Å². The summed E-state index contributed by atoms with van der Waals surface area (Å²) < 4.78 is 0. The van der Waals surface area contributed by atoms with Gasteiger partial charge in [0.2, 0.25) is 0 Å². The third kappa shape index (κ3) is 2.78. The van der Waals surface area contributed by atoms with E-state index in [2.05, 4.69) is 0 Å². The van der Waals surface area contributed by atoms with Gasteiger partial charge in [-0.1, -0.05) is 48.5 Å². The number of benzene rings is 2. The molecular weight excluding hydrogens is 276 g/mol. The smallest absolute Gasteiger partial charge is 0.0946 e. The van der Waals surface area contributed by atoms with Crippen molar-refractivity contribution in [2.24, 2.45) is 11.5 Å². The van der Waals surface area contributed by atoms with E-state index in [0.29, 0.717) is 0 Å². The molecule has 4 nitrogen and oxygen atoms in total. The Hall–Kier alpha value is -1.72. The summed E-state index contributed by atoms with van der Waals surface area (Å²) in [5, 5.41) is 19.0. The number of aliphatic hydroxyl groups excluding tert-OH is 2. The molecule has 0 aliphatic heterocycles. The van der Waals surface area contributed by atoms with Gasteiger partial charge in [0.15, 0.2) is 0 Å². The fraction of sp³-hybridized carbons (Fsp3) is 0.333. The highest BCUT2D eigenvalue weighted by Gasteiger charge is 2.27. The lowest BCUT2D eigenvalue weighted by molar-refractivity contribution is 0.159. The van der Waals surface area contributed by atoms with E-state index in [1.165, 1.54) is 11.1 Å². The first kappa shape index (κ1) is 15.2. The number of fused-ring (bicyclic) bond motifs is 2. The Kier molecular flexibility index (Phi) is 4.27. The molecule has 0 saturated carbocycles. The zero-order chi connectivity index (χ0) is 15.7. The molecule has 4 unspecified atom stereocenters. The van der Waals surface area contributed by atoms with Crippen molar-refractivity contribution in [1.29, 1.82) is 0 Å². The summed E-state index contributed by atoms with van der Waals surface area (Å²) in [6, 6.07) is 15.5. The largest absolute Gasteiger partial charge is 0.387 e. The minimum Gasteiger partial charge on any atom is -0.387 e. The van der Waals surface area contributed by atoms with Crippen LogP contribution in [0.1, 0.15) is 34.5 Å². The summed E-state index contributed by atoms with van der Waals surface area (Å²) in [5.41, 5.74) is 15.7. The third-order valence-electron chi connectivity index (χ3n) is 4.47. The lowest BCUT2D eigenvalue weighted by Gasteiger charge is -2.07. The van der Waals surface area contributed by atoms with Crippen molar-refractivity contribution in [2.45, 2.75) is 37.1 Å². The van der Waals surface area contributed by atoms with E-state index in [9.17, 15) is 10.2 Å². The molecule has 0 heterocycles. The van der Waals surface area contributed by atoms with Crippen LogP contribution in [0.15, 0.2) is 48.5 Å². The van der Waals surface area contributed by atoms with Crippen LogP contribution < -0.4 is 11.5 Å². The highest BCUT2D eigenvalue weighted by molar-refractivity contribution is 5.36. The Morgan fingerprint density at radius 2 is 1.05 bits per heavy atom. The van der Waals surface area contributed by atoms with Gasteiger partial charge in [0.25, 0.3) is 0 Å². The molecule has 0 spiro atoms. The number of hydrogen-bond acceptors (Lipinski definition) is 4. The van der Waals surface area contributed by atoms with Crippen molar-refractivity contribution in [3.63, 3.8) is 0 Å². The molecule has 2 aliphatic rings. The Morgan fingerprint density at radius 1 is 0.682 bits per heavy atom. The Balaban J connectivity index is 0.000000131. The van der Waals surface area contributed by atoms with E-state index in [1.54, 1.807) is 0 Å². The highest BCUT2D eigenvalue weighted by Crippen LogP contribution is 2.30. The minimum absolute atomic E-state index is 0.104. The molecular formula is C18H22N2O2. The number of nitrogens with two attached hydrogens (primary N) is 2. The van der Waals surface area contributed by atoms with Crippen LogP contribution in [0.3, 0.4) is 0 Å². The van der Waals surface area contributed by atoms with E-state index < -0.39 is 12.2 Å². The molecule has 4 rings (SSSR count). The zero-order valence-electron chi connectivity index (χ0n) is 12.4.